The number of fused-ring (bicyclic) bond motifs is 1. The van der Waals surface area contributed by atoms with Crippen LogP contribution in [0.3, 0.4) is 0 Å². The molecule has 2 amide bonds. The van der Waals surface area contributed by atoms with Crippen LogP contribution in [-0.4, -0.2) is 54.9 Å². The largest absolute Gasteiger partial charge is 0.486 e. The predicted molar refractivity (Wildman–Crippen MR) is 148 cm³/mol. The van der Waals surface area contributed by atoms with Gasteiger partial charge in [0.25, 0.3) is 5.91 Å². The fourth-order valence-electron chi connectivity index (χ4n) is 3.98. The van der Waals surface area contributed by atoms with Gasteiger partial charge in [-0.05, 0) is 48.4 Å². The van der Waals surface area contributed by atoms with Crippen LogP contribution in [-0.2, 0) is 20.7 Å². The van der Waals surface area contributed by atoms with Crippen molar-refractivity contribution in [3.05, 3.63) is 82.2 Å². The highest BCUT2D eigenvalue weighted by atomic mass is 35.5. The van der Waals surface area contributed by atoms with Crippen LogP contribution in [0.5, 0.6) is 5.75 Å². The maximum atomic E-state index is 12.4. The molecule has 1 aromatic heterocycles. The third-order valence-corrected chi connectivity index (χ3v) is 6.17. The number of carbonyl (C=O) groups excluding carboxylic acids is 2. The number of halogens is 1. The Hall–Kier alpha value is -3.95. The number of aliphatic imine (C=N–C) groups is 1. The van der Waals surface area contributed by atoms with E-state index in [1.165, 1.54) is 6.08 Å². The first kappa shape index (κ1) is 27.1. The Balaban J connectivity index is 1.35. The number of aromatic nitrogens is 1. The number of allylic oxidation sites excluding steroid dienone is 1. The quantitative estimate of drug-likeness (QED) is 0.316. The summed E-state index contributed by atoms with van der Waals surface area (Å²) < 4.78 is 11.3. The highest BCUT2D eigenvalue weighted by Crippen LogP contribution is 2.37. The van der Waals surface area contributed by atoms with Crippen LogP contribution >= 0.6 is 11.6 Å². The van der Waals surface area contributed by atoms with Crippen LogP contribution in [0.2, 0.25) is 5.02 Å². The summed E-state index contributed by atoms with van der Waals surface area (Å²) in [6.45, 7) is 3.75. The van der Waals surface area contributed by atoms with Gasteiger partial charge in [0.15, 0.2) is 0 Å². The molecule has 3 heterocycles. The summed E-state index contributed by atoms with van der Waals surface area (Å²) >= 11 is 6.55. The number of nitrogens with zero attached hydrogens (tertiary/aromatic N) is 2. The van der Waals surface area contributed by atoms with Crippen molar-refractivity contribution in [2.75, 3.05) is 32.0 Å². The number of hydrogen-bond acceptors (Lipinski definition) is 7. The van der Waals surface area contributed by atoms with Crippen LogP contribution in [0.1, 0.15) is 30.0 Å². The Labute approximate surface area is 226 Å². The minimum atomic E-state index is -0.240. The van der Waals surface area contributed by atoms with Crippen molar-refractivity contribution >= 4 is 41.0 Å². The lowest BCUT2D eigenvalue weighted by atomic mass is 10.0. The molecule has 2 aliphatic rings. The van der Waals surface area contributed by atoms with Gasteiger partial charge in [0, 0.05) is 50.0 Å². The Bertz CT molecular complexity index is 1300. The lowest BCUT2D eigenvalue weighted by molar-refractivity contribution is -0.117. The molecule has 0 saturated heterocycles. The molecule has 0 bridgehead atoms. The minimum absolute atomic E-state index is 0.198. The van der Waals surface area contributed by atoms with E-state index in [-0.39, 0.29) is 17.9 Å². The van der Waals surface area contributed by atoms with Crippen LogP contribution in [0.4, 0.5) is 5.82 Å². The Morgan fingerprint density at radius 3 is 2.95 bits per heavy atom. The summed E-state index contributed by atoms with van der Waals surface area (Å²) in [6.07, 6.45) is 10.9. The number of carbonyl (C=O) groups is 2. The number of rotatable bonds is 10. The van der Waals surface area contributed by atoms with E-state index in [1.54, 1.807) is 36.7 Å². The van der Waals surface area contributed by atoms with E-state index >= 15 is 0 Å². The van der Waals surface area contributed by atoms with Crippen molar-refractivity contribution in [1.29, 1.82) is 0 Å². The van der Waals surface area contributed by atoms with Gasteiger partial charge in [0.05, 0.1) is 29.5 Å². The third-order valence-electron chi connectivity index (χ3n) is 5.89. The van der Waals surface area contributed by atoms with E-state index in [4.69, 9.17) is 26.8 Å². The average Bonchev–Trinajstić information content (AvgIpc) is 3.17. The van der Waals surface area contributed by atoms with E-state index in [0.717, 1.165) is 22.4 Å². The highest BCUT2D eigenvalue weighted by Gasteiger charge is 2.26. The third kappa shape index (κ3) is 7.30. The molecule has 2 aliphatic heterocycles. The van der Waals surface area contributed by atoms with Gasteiger partial charge in [0.1, 0.15) is 17.7 Å². The zero-order valence-electron chi connectivity index (χ0n) is 21.1. The van der Waals surface area contributed by atoms with Gasteiger partial charge in [-0.25, -0.2) is 4.98 Å². The van der Waals surface area contributed by atoms with Crippen LogP contribution in [0.15, 0.2) is 65.5 Å². The molecule has 4 rings (SSSR count). The maximum absolute atomic E-state index is 12.4. The van der Waals surface area contributed by atoms with Crippen molar-refractivity contribution in [1.82, 2.24) is 15.6 Å². The summed E-state index contributed by atoms with van der Waals surface area (Å²) in [4.78, 5) is 33.2. The van der Waals surface area contributed by atoms with Crippen molar-refractivity contribution in [2.45, 2.75) is 25.9 Å². The fraction of sp³-hybridized carbons (Fsp3) is 0.286. The maximum Gasteiger partial charge on any atom is 0.252 e. The molecule has 1 atom stereocenters. The van der Waals surface area contributed by atoms with Gasteiger partial charge in [-0.1, -0.05) is 23.8 Å². The number of amides is 2. The number of ether oxygens (including phenoxy) is 2. The van der Waals surface area contributed by atoms with Gasteiger partial charge in [-0.3, -0.25) is 14.6 Å². The highest BCUT2D eigenvalue weighted by molar-refractivity contribution is 6.32. The summed E-state index contributed by atoms with van der Waals surface area (Å²) in [5.74, 6) is 0.605. The molecule has 0 aliphatic carbocycles. The monoisotopic (exact) mass is 535 g/mol. The molecule has 2 aromatic rings. The number of nitrogens with one attached hydrogen (secondary N) is 2. The Morgan fingerprint density at radius 2 is 2.16 bits per heavy atom. The normalized spacial score (nSPS) is 16.3. The number of nitrogen functional groups attached to an aromatic ring is 1. The van der Waals surface area contributed by atoms with Gasteiger partial charge in [-0.15, -0.1) is 0 Å². The standard InChI is InChI=1S/C28H30ClN5O4/c1-2-37-11-10-31-28(36)19-4-3-5-24(32-16-19)20-12-21-13-22(38-27(21)23(29)14-20)17-34-26(35)9-7-18-6-8-25(30)33-15-18/h3-4,6-9,12,14-16,22H,2,5,10-11,13,17H2,1H3,(H2,30,33)(H,31,36)(H,34,35)/b9-7+. The van der Waals surface area contributed by atoms with Crippen molar-refractivity contribution < 1.29 is 19.1 Å². The summed E-state index contributed by atoms with van der Waals surface area (Å²) in [6, 6.07) is 7.28. The van der Waals surface area contributed by atoms with Crippen LogP contribution in [0, 0.1) is 0 Å². The molecule has 0 spiro atoms. The number of nitrogens with two attached hydrogens (primary N) is 1. The van der Waals surface area contributed by atoms with Gasteiger partial charge >= 0.3 is 0 Å². The topological polar surface area (TPSA) is 128 Å². The van der Waals surface area contributed by atoms with Gasteiger partial charge < -0.3 is 25.8 Å². The molecule has 0 radical (unpaired) electrons. The molecule has 0 fully saturated rings. The first-order valence-corrected chi connectivity index (χ1v) is 12.8. The second-order valence-electron chi connectivity index (χ2n) is 8.70. The molecule has 1 unspecified atom stereocenters. The number of pyridine rings is 1. The predicted octanol–water partition coefficient (Wildman–Crippen LogP) is 3.24. The smallest absolute Gasteiger partial charge is 0.252 e. The fourth-order valence-corrected chi connectivity index (χ4v) is 4.26. The van der Waals surface area contributed by atoms with E-state index in [1.807, 2.05) is 25.1 Å². The SMILES string of the molecule is CCOCCNC(=O)C1=CN=C(c2cc(Cl)c3c(c2)CC(CNC(=O)/C=C/c2ccc(N)nc2)O3)CC=C1. The lowest BCUT2D eigenvalue weighted by Crippen LogP contribution is -2.33. The number of anilines is 1. The average molecular weight is 536 g/mol. The Kier molecular flexibility index (Phi) is 9.29. The van der Waals surface area contributed by atoms with Gasteiger partial charge in [0.2, 0.25) is 5.91 Å². The minimum Gasteiger partial charge on any atom is -0.486 e. The second kappa shape index (κ2) is 13.0. The molecule has 38 heavy (non-hydrogen) atoms. The molecule has 9 nitrogen and oxygen atoms in total. The summed E-state index contributed by atoms with van der Waals surface area (Å²) in [5, 5.41) is 6.16. The lowest BCUT2D eigenvalue weighted by Gasteiger charge is -2.11. The zero-order valence-corrected chi connectivity index (χ0v) is 21.8. The number of hydrogen-bond donors (Lipinski definition) is 3. The van der Waals surface area contributed by atoms with E-state index in [9.17, 15) is 9.59 Å². The van der Waals surface area contributed by atoms with Crippen molar-refractivity contribution in [3.8, 4) is 5.75 Å². The van der Waals surface area contributed by atoms with Gasteiger partial charge in [-0.2, -0.15) is 0 Å². The van der Waals surface area contributed by atoms with Crippen molar-refractivity contribution in [3.63, 3.8) is 0 Å². The number of benzene rings is 1. The van der Waals surface area contributed by atoms with E-state index < -0.39 is 0 Å². The first-order chi connectivity index (χ1) is 18.4. The van der Waals surface area contributed by atoms with Crippen LogP contribution in [0.25, 0.3) is 6.08 Å². The molecule has 10 heteroatoms. The molecular formula is C28H30ClN5O4. The van der Waals surface area contributed by atoms with Crippen molar-refractivity contribution in [2.24, 2.45) is 4.99 Å². The van der Waals surface area contributed by atoms with E-state index in [0.29, 0.717) is 61.3 Å². The van der Waals surface area contributed by atoms with E-state index in [2.05, 4.69) is 20.6 Å². The summed E-state index contributed by atoms with van der Waals surface area (Å²) in [7, 11) is 0. The molecule has 0 saturated carbocycles. The molecule has 1 aromatic carbocycles. The molecular weight excluding hydrogens is 506 g/mol. The second-order valence-corrected chi connectivity index (χ2v) is 9.11. The first-order valence-electron chi connectivity index (χ1n) is 12.4. The molecule has 4 N–H and O–H groups in total. The Morgan fingerprint density at radius 1 is 1.29 bits per heavy atom. The van der Waals surface area contributed by atoms with Crippen LogP contribution < -0.4 is 21.1 Å². The molecule has 198 valence electrons. The zero-order chi connectivity index (χ0) is 26.9. The summed E-state index contributed by atoms with van der Waals surface area (Å²) in [5.41, 5.74) is 9.43.